The van der Waals surface area contributed by atoms with E-state index in [1.165, 1.54) is 12.2 Å². The average molecular weight is 307 g/mol. The van der Waals surface area contributed by atoms with Gasteiger partial charge in [-0.15, -0.1) is 0 Å². The Bertz CT molecular complexity index is 624. The van der Waals surface area contributed by atoms with Gasteiger partial charge in [0.1, 0.15) is 0 Å². The number of amides is 2. The molecule has 1 unspecified atom stereocenters. The third-order valence-electron chi connectivity index (χ3n) is 3.80. The Morgan fingerprint density at radius 1 is 1.24 bits per heavy atom. The van der Waals surface area contributed by atoms with E-state index in [4.69, 9.17) is 16.4 Å². The molecule has 1 N–H and O–H groups in total. The predicted octanol–water partition coefficient (Wildman–Crippen LogP) is 2.97. The molecule has 1 aliphatic carbocycles. The van der Waals surface area contributed by atoms with Crippen LogP contribution in [-0.4, -0.2) is 24.0 Å². The number of carbonyl (C=O) groups excluding carboxylic acids is 2. The van der Waals surface area contributed by atoms with Crippen LogP contribution < -0.4 is 5.32 Å². The van der Waals surface area contributed by atoms with Gasteiger partial charge in [-0.05, 0) is 30.5 Å². The minimum atomic E-state index is -0.441. The number of hydrogen-bond donors (Lipinski definition) is 1. The van der Waals surface area contributed by atoms with Crippen LogP contribution in [0.3, 0.4) is 0 Å². The van der Waals surface area contributed by atoms with Crippen molar-refractivity contribution in [1.29, 1.82) is 0 Å². The van der Waals surface area contributed by atoms with Crippen LogP contribution in [0.5, 0.6) is 0 Å². The zero-order valence-electron chi connectivity index (χ0n) is 11.6. The van der Waals surface area contributed by atoms with Gasteiger partial charge in [-0.2, -0.15) is 5.06 Å². The maximum Gasteiger partial charge on any atom is 0.346 e. The van der Waals surface area contributed by atoms with E-state index in [0.29, 0.717) is 29.1 Å². The molecule has 6 heteroatoms. The Balaban J connectivity index is 2.09. The quantitative estimate of drug-likeness (QED) is 0.914. The molecule has 21 heavy (non-hydrogen) atoms. The van der Waals surface area contributed by atoms with Crippen molar-refractivity contribution in [3.05, 3.63) is 46.1 Å². The minimum absolute atomic E-state index is 0.0539. The first-order chi connectivity index (χ1) is 10.1. The van der Waals surface area contributed by atoms with Gasteiger partial charge >= 0.3 is 6.03 Å². The van der Waals surface area contributed by atoms with Gasteiger partial charge in [-0.25, -0.2) is 4.79 Å². The van der Waals surface area contributed by atoms with E-state index in [9.17, 15) is 9.59 Å². The van der Waals surface area contributed by atoms with Crippen LogP contribution in [0.15, 0.2) is 35.5 Å². The number of ketones is 1. The topological polar surface area (TPSA) is 58.6 Å². The summed E-state index contributed by atoms with van der Waals surface area (Å²) in [6.07, 6.45) is 1.89. The summed E-state index contributed by atoms with van der Waals surface area (Å²) in [4.78, 5) is 29.6. The molecule has 3 rings (SSSR count). The number of hydrogen-bond acceptors (Lipinski definition) is 3. The number of urea groups is 1. The zero-order chi connectivity index (χ0) is 15.0. The van der Waals surface area contributed by atoms with Crippen molar-refractivity contribution in [1.82, 2.24) is 10.4 Å². The van der Waals surface area contributed by atoms with Gasteiger partial charge in [0.15, 0.2) is 5.78 Å². The predicted molar refractivity (Wildman–Crippen MR) is 77.5 cm³/mol. The lowest BCUT2D eigenvalue weighted by Gasteiger charge is -2.37. The van der Waals surface area contributed by atoms with E-state index in [1.54, 1.807) is 12.1 Å². The highest BCUT2D eigenvalue weighted by atomic mass is 35.5. The lowest BCUT2D eigenvalue weighted by molar-refractivity contribution is -0.118. The lowest BCUT2D eigenvalue weighted by atomic mass is 9.85. The first-order valence-electron chi connectivity index (χ1n) is 6.78. The van der Waals surface area contributed by atoms with Crippen LogP contribution in [0.2, 0.25) is 5.02 Å². The summed E-state index contributed by atoms with van der Waals surface area (Å²) in [6, 6.07) is 6.35. The van der Waals surface area contributed by atoms with Crippen molar-refractivity contribution in [2.75, 3.05) is 7.11 Å². The molecular weight excluding hydrogens is 292 g/mol. The number of halogens is 1. The summed E-state index contributed by atoms with van der Waals surface area (Å²) in [5.74, 6) is 0.0539. The summed E-state index contributed by atoms with van der Waals surface area (Å²) in [5.41, 5.74) is 2.12. The molecule has 110 valence electrons. The van der Waals surface area contributed by atoms with Gasteiger partial charge in [0.2, 0.25) is 0 Å². The van der Waals surface area contributed by atoms with Crippen LogP contribution in [0.25, 0.3) is 0 Å². The second-order valence-electron chi connectivity index (χ2n) is 5.05. The van der Waals surface area contributed by atoms with Gasteiger partial charge < -0.3 is 5.32 Å². The summed E-state index contributed by atoms with van der Waals surface area (Å²) < 4.78 is 0. The van der Waals surface area contributed by atoms with Crippen LogP contribution in [0.4, 0.5) is 4.79 Å². The monoisotopic (exact) mass is 306 g/mol. The molecule has 0 spiro atoms. The highest BCUT2D eigenvalue weighted by Gasteiger charge is 2.39. The second kappa shape index (κ2) is 5.50. The van der Waals surface area contributed by atoms with E-state index in [1.807, 2.05) is 12.1 Å². The number of hydroxylamine groups is 2. The fourth-order valence-electron chi connectivity index (χ4n) is 2.86. The first kappa shape index (κ1) is 14.1. The van der Waals surface area contributed by atoms with E-state index in [0.717, 1.165) is 12.0 Å². The molecule has 0 saturated carbocycles. The van der Waals surface area contributed by atoms with Crippen molar-refractivity contribution < 1.29 is 14.4 Å². The van der Waals surface area contributed by atoms with Crippen LogP contribution in [-0.2, 0) is 9.63 Å². The van der Waals surface area contributed by atoms with Gasteiger partial charge in [0.25, 0.3) is 0 Å². The largest absolute Gasteiger partial charge is 0.346 e. The van der Waals surface area contributed by atoms with Crippen molar-refractivity contribution >= 4 is 23.4 Å². The molecule has 0 fully saturated rings. The molecule has 1 heterocycles. The van der Waals surface area contributed by atoms with Crippen molar-refractivity contribution in [3.8, 4) is 0 Å². The Labute approximate surface area is 127 Å². The maximum absolute atomic E-state index is 12.3. The van der Waals surface area contributed by atoms with Crippen molar-refractivity contribution in [2.45, 2.75) is 25.3 Å². The van der Waals surface area contributed by atoms with Crippen molar-refractivity contribution in [2.24, 2.45) is 0 Å². The number of nitrogens with one attached hydrogen (secondary N) is 1. The van der Waals surface area contributed by atoms with Crippen molar-refractivity contribution in [3.63, 3.8) is 0 Å². The molecular formula is C15H15ClN2O3. The zero-order valence-corrected chi connectivity index (χ0v) is 12.3. The maximum atomic E-state index is 12.3. The summed E-state index contributed by atoms with van der Waals surface area (Å²) in [5, 5.41) is 4.62. The van der Waals surface area contributed by atoms with E-state index >= 15 is 0 Å². The highest BCUT2D eigenvalue weighted by Crippen LogP contribution is 2.37. The normalized spacial score (nSPS) is 22.2. The average Bonchev–Trinajstić information content (AvgIpc) is 2.47. The van der Waals surface area contributed by atoms with E-state index < -0.39 is 6.04 Å². The number of Topliss-reactive ketones (excluding diaryl/α,β-unsaturated/α-hetero) is 1. The fourth-order valence-corrected chi connectivity index (χ4v) is 2.99. The molecule has 2 amide bonds. The second-order valence-corrected chi connectivity index (χ2v) is 5.48. The third-order valence-corrected chi connectivity index (χ3v) is 4.05. The third kappa shape index (κ3) is 2.43. The summed E-state index contributed by atoms with van der Waals surface area (Å²) >= 11 is 5.90. The Morgan fingerprint density at radius 3 is 2.62 bits per heavy atom. The highest BCUT2D eigenvalue weighted by molar-refractivity contribution is 6.30. The Hall–Kier alpha value is -1.85. The van der Waals surface area contributed by atoms with Crippen LogP contribution in [0.1, 0.15) is 30.9 Å². The van der Waals surface area contributed by atoms with E-state index in [2.05, 4.69) is 5.32 Å². The van der Waals surface area contributed by atoms with Crippen LogP contribution in [0, 0.1) is 0 Å². The smallest absolute Gasteiger partial charge is 0.325 e. The standard InChI is InChI=1S/C15H15ClN2O3/c1-21-18-11-3-2-4-12(19)13(11)14(17-15(18)20)9-5-7-10(16)8-6-9/h5-8,14H,2-4H2,1H3,(H,17,20). The van der Waals surface area contributed by atoms with E-state index in [-0.39, 0.29) is 11.8 Å². The minimum Gasteiger partial charge on any atom is -0.325 e. The number of benzene rings is 1. The fraction of sp³-hybridized carbons (Fsp3) is 0.333. The Kier molecular flexibility index (Phi) is 3.69. The molecule has 1 aliphatic heterocycles. The van der Waals surface area contributed by atoms with Gasteiger partial charge in [0, 0.05) is 17.0 Å². The molecule has 2 aliphatic rings. The number of carbonyl (C=O) groups is 2. The van der Waals surface area contributed by atoms with Gasteiger partial charge in [-0.1, -0.05) is 23.7 Å². The molecule has 1 aromatic carbocycles. The molecule has 1 atom stereocenters. The number of rotatable bonds is 2. The van der Waals surface area contributed by atoms with Gasteiger partial charge in [-0.3, -0.25) is 9.63 Å². The van der Waals surface area contributed by atoms with Gasteiger partial charge in [0.05, 0.1) is 18.8 Å². The molecule has 0 aromatic heterocycles. The molecule has 0 saturated heterocycles. The molecule has 0 radical (unpaired) electrons. The molecule has 0 bridgehead atoms. The van der Waals surface area contributed by atoms with Crippen LogP contribution >= 0.6 is 11.6 Å². The summed E-state index contributed by atoms with van der Waals surface area (Å²) in [6.45, 7) is 0. The molecule has 1 aromatic rings. The number of nitrogens with zero attached hydrogens (tertiary/aromatic N) is 1. The SMILES string of the molecule is CON1C(=O)NC(c2ccc(Cl)cc2)C2=C1CCCC2=O. The molecule has 5 nitrogen and oxygen atoms in total. The summed E-state index contributed by atoms with van der Waals surface area (Å²) in [7, 11) is 1.42. The number of allylic oxidation sites excluding steroid dienone is 1. The Morgan fingerprint density at radius 2 is 1.95 bits per heavy atom. The lowest BCUT2D eigenvalue weighted by Crippen LogP contribution is -2.48. The first-order valence-corrected chi connectivity index (χ1v) is 7.16.